The molecule has 4 nitrogen and oxygen atoms in total. The van der Waals surface area contributed by atoms with Crippen molar-refractivity contribution < 1.29 is 0 Å². The molecule has 0 saturated heterocycles. The molecule has 0 aliphatic heterocycles. The van der Waals surface area contributed by atoms with Gasteiger partial charge in [0.1, 0.15) is 0 Å². The van der Waals surface area contributed by atoms with Crippen molar-refractivity contribution in [2.45, 2.75) is 12.8 Å². The van der Waals surface area contributed by atoms with Crippen LogP contribution in [0.5, 0.6) is 0 Å². The number of aliphatic imine (C=N–C) groups is 2. The summed E-state index contributed by atoms with van der Waals surface area (Å²) in [6.45, 7) is 1.90. The van der Waals surface area contributed by atoms with Gasteiger partial charge in [-0.15, -0.1) is 0 Å². The minimum atomic E-state index is 0.328. The van der Waals surface area contributed by atoms with Crippen molar-refractivity contribution in [3.63, 3.8) is 0 Å². The summed E-state index contributed by atoms with van der Waals surface area (Å²) in [6.07, 6.45) is 5.36. The summed E-state index contributed by atoms with van der Waals surface area (Å²) in [5.41, 5.74) is 10.4. The molecule has 0 spiro atoms. The van der Waals surface area contributed by atoms with Gasteiger partial charge < -0.3 is 11.5 Å². The van der Waals surface area contributed by atoms with Crippen LogP contribution in [0.15, 0.2) is 9.98 Å². The lowest BCUT2D eigenvalue weighted by atomic mass is 10.3. The smallest absolute Gasteiger partial charge is 0.0860 e. The van der Waals surface area contributed by atoms with E-state index in [1.807, 2.05) is 0 Å². The summed E-state index contributed by atoms with van der Waals surface area (Å²) in [7, 11) is 0. The van der Waals surface area contributed by atoms with E-state index in [1.165, 1.54) is 0 Å². The second-order valence-corrected chi connectivity index (χ2v) is 2.07. The Morgan fingerprint density at radius 2 is 1.73 bits per heavy atom. The molecule has 0 aromatic heterocycles. The van der Waals surface area contributed by atoms with Crippen LogP contribution in [0.1, 0.15) is 12.8 Å². The van der Waals surface area contributed by atoms with Crippen LogP contribution in [0.2, 0.25) is 0 Å². The van der Waals surface area contributed by atoms with Crippen molar-refractivity contribution in [3.8, 4) is 0 Å². The second kappa shape index (κ2) is 9.26. The average molecular weight is 156 g/mol. The van der Waals surface area contributed by atoms with Crippen molar-refractivity contribution >= 4 is 12.4 Å². The third kappa shape index (κ3) is 9.26. The maximum Gasteiger partial charge on any atom is 0.0860 e. The van der Waals surface area contributed by atoms with Crippen molar-refractivity contribution in [2.75, 3.05) is 19.8 Å². The Morgan fingerprint density at radius 1 is 1.00 bits per heavy atom. The van der Waals surface area contributed by atoms with Crippen LogP contribution in [0.4, 0.5) is 0 Å². The van der Waals surface area contributed by atoms with Crippen LogP contribution in [0, 0.1) is 0 Å². The monoisotopic (exact) mass is 156 g/mol. The molecule has 11 heavy (non-hydrogen) atoms. The molecule has 0 fully saturated rings. The van der Waals surface area contributed by atoms with E-state index in [1.54, 1.807) is 12.4 Å². The number of unbranched alkanes of at least 4 members (excludes halogenated alkanes) is 1. The molecule has 0 atom stereocenters. The first-order valence-corrected chi connectivity index (χ1v) is 3.80. The predicted octanol–water partition coefficient (Wildman–Crippen LogP) is -0.217. The van der Waals surface area contributed by atoms with Crippen molar-refractivity contribution in [3.05, 3.63) is 0 Å². The predicted molar refractivity (Wildman–Crippen MR) is 49.2 cm³/mol. The molecule has 0 heterocycles. The highest BCUT2D eigenvalue weighted by Gasteiger charge is 1.79. The number of nitrogens with two attached hydrogens (primary N) is 2. The van der Waals surface area contributed by atoms with Crippen LogP contribution in [0.3, 0.4) is 0 Å². The zero-order chi connectivity index (χ0) is 8.36. The van der Waals surface area contributed by atoms with E-state index in [2.05, 4.69) is 9.98 Å². The van der Waals surface area contributed by atoms with Gasteiger partial charge in [-0.05, 0) is 19.4 Å². The maximum absolute atomic E-state index is 5.30. The maximum atomic E-state index is 5.30. The average Bonchev–Trinajstić information content (AvgIpc) is 2.03. The van der Waals surface area contributed by atoms with E-state index < -0.39 is 0 Å². The molecule has 4 N–H and O–H groups in total. The molecular weight excluding hydrogens is 140 g/mol. The topological polar surface area (TPSA) is 76.8 Å². The van der Waals surface area contributed by atoms with Crippen LogP contribution in [-0.2, 0) is 0 Å². The third-order valence-electron chi connectivity index (χ3n) is 1.12. The molecule has 0 aliphatic rings. The molecule has 0 amide bonds. The summed E-state index contributed by atoms with van der Waals surface area (Å²) in [4.78, 5) is 7.83. The van der Waals surface area contributed by atoms with E-state index in [0.717, 1.165) is 25.9 Å². The molecule has 0 unspecified atom stereocenters. The lowest BCUT2D eigenvalue weighted by molar-refractivity contribution is 0.758. The van der Waals surface area contributed by atoms with Gasteiger partial charge in [0, 0.05) is 19.0 Å². The molecule has 0 aromatic carbocycles. The summed E-state index contributed by atoms with van der Waals surface area (Å²) < 4.78 is 0. The molecule has 0 aliphatic carbocycles. The fourth-order valence-corrected chi connectivity index (χ4v) is 0.577. The SMILES string of the molecule is NCCCC/N=C/C=N/CN. The number of hydrogen-bond acceptors (Lipinski definition) is 4. The molecular formula is C7H16N4. The van der Waals surface area contributed by atoms with Gasteiger partial charge in [-0.25, -0.2) is 0 Å². The van der Waals surface area contributed by atoms with Crippen LogP contribution >= 0.6 is 0 Å². The first-order chi connectivity index (χ1) is 5.41. The van der Waals surface area contributed by atoms with Gasteiger partial charge in [0.2, 0.25) is 0 Å². The lowest BCUT2D eigenvalue weighted by Crippen LogP contribution is -1.99. The van der Waals surface area contributed by atoms with Crippen LogP contribution < -0.4 is 11.5 Å². The summed E-state index contributed by atoms with van der Waals surface area (Å²) >= 11 is 0. The minimum absolute atomic E-state index is 0.328. The standard InChI is InChI=1S/C7H16N4/c8-3-1-2-4-10-5-6-11-7-9/h5-6H,1-4,7-9H2/b10-5+,11-6+. The number of nitrogens with zero attached hydrogens (tertiary/aromatic N) is 2. The fourth-order valence-electron chi connectivity index (χ4n) is 0.577. The summed E-state index contributed by atoms with van der Waals surface area (Å²) in [6, 6.07) is 0. The van der Waals surface area contributed by atoms with Gasteiger partial charge in [-0.2, -0.15) is 0 Å². The minimum Gasteiger partial charge on any atom is -0.330 e. The van der Waals surface area contributed by atoms with Crippen LogP contribution in [0.25, 0.3) is 0 Å². The van der Waals surface area contributed by atoms with E-state index in [9.17, 15) is 0 Å². The van der Waals surface area contributed by atoms with Crippen molar-refractivity contribution in [2.24, 2.45) is 21.5 Å². The quantitative estimate of drug-likeness (QED) is 0.412. The molecule has 0 radical (unpaired) electrons. The molecule has 0 aromatic rings. The highest BCUT2D eigenvalue weighted by atomic mass is 14.8. The zero-order valence-corrected chi connectivity index (χ0v) is 6.74. The molecule has 0 saturated carbocycles. The van der Waals surface area contributed by atoms with Crippen molar-refractivity contribution in [1.29, 1.82) is 0 Å². The first-order valence-electron chi connectivity index (χ1n) is 3.80. The Morgan fingerprint density at radius 3 is 2.36 bits per heavy atom. The Hall–Kier alpha value is -0.740. The Bertz CT molecular complexity index is 120. The van der Waals surface area contributed by atoms with Gasteiger partial charge >= 0.3 is 0 Å². The van der Waals surface area contributed by atoms with E-state index >= 15 is 0 Å². The van der Waals surface area contributed by atoms with E-state index in [0.29, 0.717) is 6.67 Å². The largest absolute Gasteiger partial charge is 0.330 e. The van der Waals surface area contributed by atoms with Crippen LogP contribution in [-0.4, -0.2) is 32.2 Å². The molecule has 0 bridgehead atoms. The Labute approximate surface area is 67.4 Å². The van der Waals surface area contributed by atoms with Crippen molar-refractivity contribution in [1.82, 2.24) is 0 Å². The highest BCUT2D eigenvalue weighted by molar-refractivity contribution is 6.15. The Balaban J connectivity index is 3.09. The van der Waals surface area contributed by atoms with Gasteiger partial charge in [-0.1, -0.05) is 0 Å². The molecule has 4 heteroatoms. The summed E-state index contributed by atoms with van der Waals surface area (Å²) in [5.74, 6) is 0. The fraction of sp³-hybridized carbons (Fsp3) is 0.714. The van der Waals surface area contributed by atoms with Gasteiger partial charge in [0.15, 0.2) is 0 Å². The third-order valence-corrected chi connectivity index (χ3v) is 1.12. The highest BCUT2D eigenvalue weighted by Crippen LogP contribution is 1.84. The summed E-state index contributed by atoms with van der Waals surface area (Å²) in [5, 5.41) is 0. The Kier molecular flexibility index (Phi) is 8.64. The zero-order valence-electron chi connectivity index (χ0n) is 6.74. The van der Waals surface area contributed by atoms with E-state index in [-0.39, 0.29) is 0 Å². The number of rotatable bonds is 6. The van der Waals surface area contributed by atoms with Gasteiger partial charge in [0.05, 0.1) is 6.67 Å². The normalized spacial score (nSPS) is 11.8. The lowest BCUT2D eigenvalue weighted by Gasteiger charge is -1.89. The number of hydrogen-bond donors (Lipinski definition) is 2. The van der Waals surface area contributed by atoms with Gasteiger partial charge in [-0.3, -0.25) is 9.98 Å². The molecule has 64 valence electrons. The molecule has 0 rings (SSSR count). The van der Waals surface area contributed by atoms with Gasteiger partial charge in [0.25, 0.3) is 0 Å². The second-order valence-electron chi connectivity index (χ2n) is 2.07. The first kappa shape index (κ1) is 10.3. The van der Waals surface area contributed by atoms with E-state index in [4.69, 9.17) is 11.5 Å².